The summed E-state index contributed by atoms with van der Waals surface area (Å²) >= 11 is 6.18. The van der Waals surface area contributed by atoms with Crippen LogP contribution in [-0.2, 0) is 17.6 Å². The van der Waals surface area contributed by atoms with E-state index in [9.17, 15) is 9.18 Å². The van der Waals surface area contributed by atoms with Crippen LogP contribution in [0.15, 0.2) is 60.7 Å². The van der Waals surface area contributed by atoms with Gasteiger partial charge >= 0.3 is 0 Å². The number of hydrogen-bond donors (Lipinski definition) is 0. The average molecular weight is 440 g/mol. The predicted molar refractivity (Wildman–Crippen MR) is 118 cm³/mol. The number of ether oxygens (including phenoxy) is 2. The lowest BCUT2D eigenvalue weighted by atomic mass is 9.87. The van der Waals surface area contributed by atoms with Crippen molar-refractivity contribution in [1.29, 1.82) is 0 Å². The molecule has 1 atom stereocenters. The number of methoxy groups -OCH3 is 2. The number of halogens is 2. The maximum Gasteiger partial charge on any atom is 0.227 e. The summed E-state index contributed by atoms with van der Waals surface area (Å²) in [6.45, 7) is 0.507. The summed E-state index contributed by atoms with van der Waals surface area (Å²) in [7, 11) is 3.20. The van der Waals surface area contributed by atoms with Crippen LogP contribution in [0.25, 0.3) is 0 Å². The van der Waals surface area contributed by atoms with Crippen molar-refractivity contribution in [3.63, 3.8) is 0 Å². The largest absolute Gasteiger partial charge is 0.493 e. The highest BCUT2D eigenvalue weighted by Gasteiger charge is 2.33. The minimum absolute atomic E-state index is 0.0997. The Morgan fingerprint density at radius 2 is 1.77 bits per heavy atom. The Hall–Kier alpha value is -3.05. The first-order chi connectivity index (χ1) is 15.0. The number of carbonyl (C=O) groups excluding carboxylic acids is 1. The number of carbonyl (C=O) groups is 1. The van der Waals surface area contributed by atoms with Gasteiger partial charge in [0.25, 0.3) is 0 Å². The molecular weight excluding hydrogens is 417 g/mol. The lowest BCUT2D eigenvalue weighted by Crippen LogP contribution is -2.41. The van der Waals surface area contributed by atoms with Crippen molar-refractivity contribution in [3.8, 4) is 11.5 Å². The molecular formula is C25H23ClFNO3. The standard InChI is InChI=1S/C25H23ClFNO3/c1-30-22-13-17-11-12-28(24(29)15-19-20(26)9-6-10-21(19)27)25(16-7-4-3-5-8-16)18(17)14-23(22)31-2/h3-10,13-14,25H,11-12,15H2,1-2H3. The van der Waals surface area contributed by atoms with E-state index in [1.54, 1.807) is 25.2 Å². The summed E-state index contributed by atoms with van der Waals surface area (Å²) in [5.41, 5.74) is 3.27. The van der Waals surface area contributed by atoms with Gasteiger partial charge in [-0.05, 0) is 47.4 Å². The molecule has 1 amide bonds. The molecule has 4 rings (SSSR count). The zero-order valence-corrected chi connectivity index (χ0v) is 18.2. The molecule has 0 aromatic heterocycles. The maximum absolute atomic E-state index is 14.3. The summed E-state index contributed by atoms with van der Waals surface area (Å²) in [6, 6.07) is 17.9. The van der Waals surface area contributed by atoms with Gasteiger partial charge in [-0.1, -0.05) is 48.0 Å². The van der Waals surface area contributed by atoms with Crippen LogP contribution in [0.1, 0.15) is 28.3 Å². The Kier molecular flexibility index (Phi) is 6.14. The molecule has 0 N–H and O–H groups in total. The van der Waals surface area contributed by atoms with E-state index < -0.39 is 5.82 Å². The third-order valence-electron chi connectivity index (χ3n) is 5.70. The molecule has 0 saturated heterocycles. The van der Waals surface area contributed by atoms with Gasteiger partial charge in [0.15, 0.2) is 11.5 Å². The molecule has 0 bridgehead atoms. The number of hydrogen-bond acceptors (Lipinski definition) is 3. The molecule has 1 aliphatic rings. The summed E-state index contributed by atoms with van der Waals surface area (Å²) in [5, 5.41) is 0.258. The van der Waals surface area contributed by atoms with E-state index in [2.05, 4.69) is 0 Å². The van der Waals surface area contributed by atoms with Crippen molar-refractivity contribution in [2.24, 2.45) is 0 Å². The Morgan fingerprint density at radius 1 is 1.06 bits per heavy atom. The van der Waals surface area contributed by atoms with E-state index in [4.69, 9.17) is 21.1 Å². The van der Waals surface area contributed by atoms with E-state index in [1.807, 2.05) is 42.5 Å². The Bertz CT molecular complexity index is 1080. The predicted octanol–water partition coefficient (Wildman–Crippen LogP) is 5.21. The van der Waals surface area contributed by atoms with Gasteiger partial charge < -0.3 is 14.4 Å². The summed E-state index contributed by atoms with van der Waals surface area (Å²) in [5.74, 6) is 0.613. The molecule has 0 radical (unpaired) electrons. The van der Waals surface area contributed by atoms with Crippen LogP contribution in [0.4, 0.5) is 4.39 Å². The number of rotatable bonds is 5. The molecule has 3 aromatic rings. The molecule has 0 fully saturated rings. The van der Waals surface area contributed by atoms with Crippen molar-refractivity contribution in [2.45, 2.75) is 18.9 Å². The molecule has 0 spiro atoms. The fourth-order valence-corrected chi connectivity index (χ4v) is 4.39. The first kappa shape index (κ1) is 21.2. The van der Waals surface area contributed by atoms with E-state index in [-0.39, 0.29) is 29.0 Å². The fourth-order valence-electron chi connectivity index (χ4n) is 4.16. The molecule has 1 unspecified atom stereocenters. The van der Waals surface area contributed by atoms with Gasteiger partial charge in [-0.15, -0.1) is 0 Å². The van der Waals surface area contributed by atoms with Gasteiger partial charge in [-0.2, -0.15) is 0 Å². The number of fused-ring (bicyclic) bond motifs is 1. The zero-order chi connectivity index (χ0) is 22.0. The Balaban J connectivity index is 1.77. The molecule has 1 aliphatic heterocycles. The lowest BCUT2D eigenvalue weighted by Gasteiger charge is -2.38. The average Bonchev–Trinajstić information content (AvgIpc) is 2.80. The molecule has 3 aromatic carbocycles. The van der Waals surface area contributed by atoms with Gasteiger partial charge in [-0.3, -0.25) is 4.79 Å². The quantitative estimate of drug-likeness (QED) is 0.547. The number of benzene rings is 3. The van der Waals surface area contributed by atoms with Crippen LogP contribution in [-0.4, -0.2) is 31.6 Å². The molecule has 31 heavy (non-hydrogen) atoms. The lowest BCUT2D eigenvalue weighted by molar-refractivity contribution is -0.132. The first-order valence-corrected chi connectivity index (χ1v) is 10.4. The van der Waals surface area contributed by atoms with Crippen LogP contribution in [0, 0.1) is 5.82 Å². The zero-order valence-electron chi connectivity index (χ0n) is 17.4. The van der Waals surface area contributed by atoms with Gasteiger partial charge in [0.1, 0.15) is 5.82 Å². The Labute approximate surface area is 186 Å². The fraction of sp³-hybridized carbons (Fsp3) is 0.240. The van der Waals surface area contributed by atoms with Crippen LogP contribution < -0.4 is 9.47 Å². The molecule has 160 valence electrons. The minimum atomic E-state index is -0.471. The minimum Gasteiger partial charge on any atom is -0.493 e. The van der Waals surface area contributed by atoms with Crippen LogP contribution in [0.2, 0.25) is 5.02 Å². The van der Waals surface area contributed by atoms with Gasteiger partial charge in [-0.25, -0.2) is 4.39 Å². The van der Waals surface area contributed by atoms with Crippen molar-refractivity contribution in [1.82, 2.24) is 4.90 Å². The van der Waals surface area contributed by atoms with Crippen molar-refractivity contribution < 1.29 is 18.7 Å². The third-order valence-corrected chi connectivity index (χ3v) is 6.05. The third kappa shape index (κ3) is 4.10. The van der Waals surface area contributed by atoms with Crippen LogP contribution >= 0.6 is 11.6 Å². The molecule has 4 nitrogen and oxygen atoms in total. The molecule has 0 saturated carbocycles. The van der Waals surface area contributed by atoms with E-state index in [0.717, 1.165) is 16.7 Å². The van der Waals surface area contributed by atoms with Crippen LogP contribution in [0.3, 0.4) is 0 Å². The number of nitrogens with zero attached hydrogens (tertiary/aromatic N) is 1. The van der Waals surface area contributed by atoms with E-state index >= 15 is 0 Å². The van der Waals surface area contributed by atoms with E-state index in [0.29, 0.717) is 24.5 Å². The normalized spacial score (nSPS) is 15.4. The van der Waals surface area contributed by atoms with Crippen LogP contribution in [0.5, 0.6) is 11.5 Å². The van der Waals surface area contributed by atoms with Crippen molar-refractivity contribution >= 4 is 17.5 Å². The summed E-state index contributed by atoms with van der Waals surface area (Å²) in [6.07, 6.45) is 0.563. The highest BCUT2D eigenvalue weighted by atomic mass is 35.5. The number of amides is 1. The SMILES string of the molecule is COc1cc2c(cc1OC)C(c1ccccc1)N(C(=O)Cc1c(F)cccc1Cl)CC2. The monoisotopic (exact) mass is 439 g/mol. The van der Waals surface area contributed by atoms with Gasteiger partial charge in [0, 0.05) is 17.1 Å². The molecule has 1 heterocycles. The first-order valence-electron chi connectivity index (χ1n) is 10.1. The summed E-state index contributed by atoms with van der Waals surface area (Å²) in [4.78, 5) is 15.2. The highest BCUT2D eigenvalue weighted by molar-refractivity contribution is 6.31. The topological polar surface area (TPSA) is 38.8 Å². The summed E-state index contributed by atoms with van der Waals surface area (Å²) < 4.78 is 25.3. The smallest absolute Gasteiger partial charge is 0.227 e. The molecule has 6 heteroatoms. The Morgan fingerprint density at radius 3 is 2.45 bits per heavy atom. The van der Waals surface area contributed by atoms with Crippen molar-refractivity contribution in [3.05, 3.63) is 93.8 Å². The second kappa shape index (κ2) is 8.98. The van der Waals surface area contributed by atoms with Gasteiger partial charge in [0.2, 0.25) is 5.91 Å². The highest BCUT2D eigenvalue weighted by Crippen LogP contribution is 2.41. The second-order valence-corrected chi connectivity index (χ2v) is 7.84. The van der Waals surface area contributed by atoms with Crippen molar-refractivity contribution in [2.75, 3.05) is 20.8 Å². The molecule has 0 aliphatic carbocycles. The van der Waals surface area contributed by atoms with E-state index in [1.165, 1.54) is 12.1 Å². The second-order valence-electron chi connectivity index (χ2n) is 7.43. The maximum atomic E-state index is 14.3. The van der Waals surface area contributed by atoms with Gasteiger partial charge in [0.05, 0.1) is 26.7 Å².